The highest BCUT2D eigenvalue weighted by molar-refractivity contribution is 8.02. The average Bonchev–Trinajstić information content (AvgIpc) is 4.00. The molecule has 1 unspecified atom stereocenters. The van der Waals surface area contributed by atoms with Gasteiger partial charge in [0.2, 0.25) is 0 Å². The minimum Gasteiger partial charge on any atom is -0.477 e. The van der Waals surface area contributed by atoms with Gasteiger partial charge >= 0.3 is 29.8 Å². The fourth-order valence-electron chi connectivity index (χ4n) is 7.52. The van der Waals surface area contributed by atoms with E-state index in [1.807, 2.05) is 0 Å². The van der Waals surface area contributed by atoms with Crippen LogP contribution in [0.3, 0.4) is 0 Å². The molecule has 2 aliphatic heterocycles. The zero-order valence-electron chi connectivity index (χ0n) is 31.0. The van der Waals surface area contributed by atoms with Gasteiger partial charge in [0, 0.05) is 46.8 Å². The van der Waals surface area contributed by atoms with Crippen LogP contribution in [-0.4, -0.2) is 64.2 Å². The third-order valence-electron chi connectivity index (χ3n) is 10.2. The first-order valence-electron chi connectivity index (χ1n) is 17.7. The molecule has 60 heavy (non-hydrogen) atoms. The van der Waals surface area contributed by atoms with Gasteiger partial charge in [-0.05, 0) is 60.0 Å². The zero-order chi connectivity index (χ0) is 42.9. The number of alkyl halides is 3. The van der Waals surface area contributed by atoms with Gasteiger partial charge in [0.15, 0.2) is 11.4 Å². The summed E-state index contributed by atoms with van der Waals surface area (Å²) in [6.45, 7) is -0.0647. The maximum absolute atomic E-state index is 13.5. The molecule has 15 nitrogen and oxygen atoms in total. The van der Waals surface area contributed by atoms with Crippen molar-refractivity contribution in [2.45, 2.75) is 18.8 Å². The Morgan fingerprint density at radius 2 is 1.55 bits per heavy atom. The number of halogens is 4. The maximum atomic E-state index is 13.5. The summed E-state index contributed by atoms with van der Waals surface area (Å²) in [7, 11) is 3.11. The van der Waals surface area contributed by atoms with E-state index in [2.05, 4.69) is 5.32 Å². The Bertz CT molecular complexity index is 3150. The van der Waals surface area contributed by atoms with Crippen molar-refractivity contribution in [3.05, 3.63) is 139 Å². The molecule has 3 amide bonds. The lowest BCUT2D eigenvalue weighted by Gasteiger charge is -2.30. The quantitative estimate of drug-likeness (QED) is 0.165. The summed E-state index contributed by atoms with van der Waals surface area (Å²) in [6.07, 6.45) is -1.98. The number of carbonyl (C=O) groups is 4. The molecule has 1 atom stereocenters. The molecule has 2 aliphatic rings. The van der Waals surface area contributed by atoms with Crippen molar-refractivity contribution in [2.75, 3.05) is 10.7 Å². The summed E-state index contributed by atoms with van der Waals surface area (Å²) in [4.78, 5) is 77.1. The molecule has 20 heteroatoms. The molecule has 0 radical (unpaired) electrons. The Morgan fingerprint density at radius 3 is 2.23 bits per heavy atom. The molecular formula is C40H28ClF3N6O9S. The van der Waals surface area contributed by atoms with Gasteiger partial charge in [-0.1, -0.05) is 23.7 Å². The van der Waals surface area contributed by atoms with Crippen LogP contribution >= 0.6 is 23.4 Å². The van der Waals surface area contributed by atoms with E-state index >= 15 is 0 Å². The minimum atomic E-state index is -4.72. The van der Waals surface area contributed by atoms with Crippen molar-refractivity contribution in [3.8, 4) is 5.69 Å². The fourth-order valence-corrected chi connectivity index (χ4v) is 8.69. The first-order chi connectivity index (χ1) is 28.5. The number of carbonyl (C=O) groups excluding carboxylic acids is 2. The molecule has 1 fully saturated rings. The lowest BCUT2D eigenvalue weighted by atomic mass is 10.0. The van der Waals surface area contributed by atoms with E-state index in [0.717, 1.165) is 22.8 Å². The number of nitrogens with zero attached hydrogens (tertiary/aromatic N) is 5. The highest BCUT2D eigenvalue weighted by atomic mass is 35.5. The first-order valence-corrected chi connectivity index (χ1v) is 19.1. The molecule has 0 saturated carbocycles. The van der Waals surface area contributed by atoms with Crippen LogP contribution in [0.1, 0.15) is 32.1 Å². The topological polar surface area (TPSA) is 191 Å². The summed E-state index contributed by atoms with van der Waals surface area (Å²) >= 11 is 7.40. The normalized spacial score (nSPS) is 15.3. The van der Waals surface area contributed by atoms with Gasteiger partial charge in [0.1, 0.15) is 0 Å². The van der Waals surface area contributed by atoms with Gasteiger partial charge in [-0.15, -0.1) is 11.8 Å². The number of hydrogen-bond donors (Lipinski definition) is 3. The first kappa shape index (κ1) is 39.8. The van der Waals surface area contributed by atoms with Crippen molar-refractivity contribution in [1.29, 1.82) is 0 Å². The minimum absolute atomic E-state index is 0.0128. The van der Waals surface area contributed by atoms with Crippen LogP contribution in [0.15, 0.2) is 104 Å². The van der Waals surface area contributed by atoms with E-state index in [1.54, 1.807) is 68.0 Å². The second-order valence-electron chi connectivity index (χ2n) is 13.7. The second kappa shape index (κ2) is 14.7. The summed E-state index contributed by atoms with van der Waals surface area (Å²) in [5, 5.41) is 24.9. The number of carboxylic acids is 2. The predicted molar refractivity (Wildman–Crippen MR) is 215 cm³/mol. The van der Waals surface area contributed by atoms with E-state index in [-0.39, 0.29) is 34.4 Å². The number of carboxylic acid groups (broad SMARTS) is 2. The van der Waals surface area contributed by atoms with Gasteiger partial charge in [-0.2, -0.15) is 13.2 Å². The number of imide groups is 1. The zero-order valence-corrected chi connectivity index (χ0v) is 32.6. The van der Waals surface area contributed by atoms with E-state index in [9.17, 15) is 52.2 Å². The Labute approximate surface area is 343 Å². The Morgan fingerprint density at radius 1 is 0.867 bits per heavy atom. The number of aromatic carboxylic acids is 2. The number of aryl methyl sites for hydroxylation is 2. The Kier molecular flexibility index (Phi) is 9.74. The molecule has 7 aromatic rings. The fraction of sp³-hybridized carbons (Fsp3) is 0.150. The number of benzene rings is 3. The number of furan rings is 1. The second-order valence-corrected chi connectivity index (χ2v) is 15.1. The van der Waals surface area contributed by atoms with Crippen molar-refractivity contribution >= 4 is 85.6 Å². The smallest absolute Gasteiger partial charge is 0.416 e. The van der Waals surface area contributed by atoms with Crippen LogP contribution in [0.25, 0.3) is 38.4 Å². The highest BCUT2D eigenvalue weighted by Crippen LogP contribution is 2.41. The molecule has 3 aromatic carbocycles. The number of thioether (sulfide) groups is 1. The number of amides is 3. The molecule has 0 bridgehead atoms. The number of anilines is 1. The summed E-state index contributed by atoms with van der Waals surface area (Å²) in [5.74, 6) is -3.08. The van der Waals surface area contributed by atoms with Crippen LogP contribution in [0.5, 0.6) is 0 Å². The molecule has 0 spiro atoms. The number of urea groups is 1. The third-order valence-corrected chi connectivity index (χ3v) is 11.4. The lowest BCUT2D eigenvalue weighted by Crippen LogP contribution is -2.56. The maximum Gasteiger partial charge on any atom is 0.416 e. The van der Waals surface area contributed by atoms with Gasteiger partial charge in [0.25, 0.3) is 11.5 Å². The van der Waals surface area contributed by atoms with Crippen LogP contribution in [0.4, 0.5) is 23.7 Å². The van der Waals surface area contributed by atoms with E-state index in [1.165, 1.54) is 38.0 Å². The van der Waals surface area contributed by atoms with E-state index in [4.69, 9.17) is 16.0 Å². The molecule has 6 heterocycles. The summed E-state index contributed by atoms with van der Waals surface area (Å²) in [6, 6.07) is 14.4. The number of hydrogen-bond acceptors (Lipinski definition) is 8. The van der Waals surface area contributed by atoms with Crippen molar-refractivity contribution in [1.82, 2.24) is 23.6 Å². The number of nitrogens with one attached hydrogen (secondary N) is 1. The molecule has 3 N–H and O–H groups in total. The molecule has 306 valence electrons. The van der Waals surface area contributed by atoms with E-state index < -0.39 is 64.3 Å². The molecular weight excluding hydrogens is 833 g/mol. The third kappa shape index (κ3) is 6.42. The van der Waals surface area contributed by atoms with Gasteiger partial charge < -0.3 is 29.1 Å². The van der Waals surface area contributed by atoms with E-state index in [0.29, 0.717) is 43.0 Å². The highest BCUT2D eigenvalue weighted by Gasteiger charge is 2.43. The number of fused-ring (bicyclic) bond motifs is 4. The SMILES string of the molecule is Cn1c(C(=O)O)c(-n2c(=O)c3ccccc3n(C)c2=O)c2cc(Cl)ccc21.O=C(O)c1c(N2C(=O)NC3CSC=C3C2=O)c2cc(C(F)(F)F)ccc2n1Cc1ccoc1. The van der Waals surface area contributed by atoms with Gasteiger partial charge in [-0.3, -0.25) is 14.2 Å². The monoisotopic (exact) mass is 860 g/mol. The number of rotatable bonds is 6. The summed E-state index contributed by atoms with van der Waals surface area (Å²) in [5.41, 5.74) is -1.36. The van der Waals surface area contributed by atoms with Gasteiger partial charge in [0.05, 0.1) is 64.0 Å². The number of para-hydroxylation sites is 1. The van der Waals surface area contributed by atoms with Crippen molar-refractivity contribution in [3.63, 3.8) is 0 Å². The van der Waals surface area contributed by atoms with Crippen LogP contribution in [0, 0.1) is 0 Å². The Balaban J connectivity index is 0.000000170. The van der Waals surface area contributed by atoms with Crippen LogP contribution < -0.4 is 21.5 Å². The largest absolute Gasteiger partial charge is 0.477 e. The molecule has 1 saturated heterocycles. The van der Waals surface area contributed by atoms with Crippen molar-refractivity contribution in [2.24, 2.45) is 14.1 Å². The van der Waals surface area contributed by atoms with Crippen molar-refractivity contribution < 1.29 is 47.0 Å². The standard InChI is InChI=1S/C21H14F3N3O5S.C19H14ClN3O4/c22-21(23,24)11-1-2-15-12(5-11)16(17(19(29)30)26(15)6-10-3-4-32-7-10)27-18(28)13-8-33-9-14(13)25-20(27)31;1-21-14-8-7-10(20)9-12(14)15(16(21)18(25)26)23-17(24)11-5-3-4-6-13(11)22(2)19(23)27/h1-5,7-8,14H,6,9H2,(H,25,31)(H,29,30);3-9H,1-2H3,(H,25,26). The Hall–Kier alpha value is -6.99. The number of aromatic nitrogens is 4. The summed E-state index contributed by atoms with van der Waals surface area (Å²) < 4.78 is 50.4. The molecule has 0 aliphatic carbocycles. The molecule has 4 aromatic heterocycles. The lowest BCUT2D eigenvalue weighted by molar-refractivity contribution is -0.137. The molecule has 9 rings (SSSR count). The average molecular weight is 861 g/mol. The predicted octanol–water partition coefficient (Wildman–Crippen LogP) is 6.59. The van der Waals surface area contributed by atoms with Crippen LogP contribution in [0.2, 0.25) is 5.02 Å². The van der Waals surface area contributed by atoms with Crippen LogP contribution in [-0.2, 0) is 31.6 Å². The van der Waals surface area contributed by atoms with Gasteiger partial charge in [-0.25, -0.2) is 28.6 Å².